The first-order valence-corrected chi connectivity index (χ1v) is 6.62. The highest BCUT2D eigenvalue weighted by atomic mass is 79.9. The van der Waals surface area contributed by atoms with Crippen molar-refractivity contribution in [3.63, 3.8) is 0 Å². The maximum atomic E-state index is 13.7. The lowest BCUT2D eigenvalue weighted by molar-refractivity contribution is -0.118. The van der Waals surface area contributed by atoms with Crippen LogP contribution >= 0.6 is 15.9 Å². The summed E-state index contributed by atoms with van der Waals surface area (Å²) in [7, 11) is 0. The first-order chi connectivity index (χ1) is 8.45. The van der Waals surface area contributed by atoms with E-state index >= 15 is 0 Å². The average molecular weight is 320 g/mol. The van der Waals surface area contributed by atoms with E-state index in [1.165, 1.54) is 6.07 Å². The average Bonchev–Trinajstić information content (AvgIpc) is 2.30. The predicted octanol–water partition coefficient (Wildman–Crippen LogP) is 3.23. The van der Waals surface area contributed by atoms with Crippen molar-refractivity contribution in [2.75, 3.05) is 6.54 Å². The van der Waals surface area contributed by atoms with Crippen LogP contribution in [0.4, 0.5) is 8.78 Å². The largest absolute Gasteiger partial charge is 0.314 e. The summed E-state index contributed by atoms with van der Waals surface area (Å²) in [4.78, 5) is 11.7. The van der Waals surface area contributed by atoms with Crippen molar-refractivity contribution in [2.24, 2.45) is 0 Å². The lowest BCUT2D eigenvalue weighted by Crippen LogP contribution is -2.28. The van der Waals surface area contributed by atoms with Crippen LogP contribution in [-0.2, 0) is 11.2 Å². The van der Waals surface area contributed by atoms with Gasteiger partial charge in [-0.2, -0.15) is 0 Å². The first-order valence-electron chi connectivity index (χ1n) is 5.83. The number of ketones is 1. The molecule has 0 saturated carbocycles. The number of benzene rings is 1. The molecule has 1 aromatic rings. The molecule has 0 amide bonds. The van der Waals surface area contributed by atoms with Crippen molar-refractivity contribution in [2.45, 2.75) is 32.7 Å². The summed E-state index contributed by atoms with van der Waals surface area (Å²) < 4.78 is 27.3. The summed E-state index contributed by atoms with van der Waals surface area (Å²) >= 11 is 2.98. The topological polar surface area (TPSA) is 29.1 Å². The molecular weight excluding hydrogens is 304 g/mol. The molecule has 0 heterocycles. The Balaban J connectivity index is 2.73. The number of carbonyl (C=O) groups excluding carboxylic acids is 1. The van der Waals surface area contributed by atoms with Gasteiger partial charge in [0.2, 0.25) is 0 Å². The summed E-state index contributed by atoms with van der Waals surface area (Å²) in [6.07, 6.45) is 0.0477. The highest BCUT2D eigenvalue weighted by molar-refractivity contribution is 9.10. The molecule has 0 aliphatic carbocycles. The molecule has 1 rings (SSSR count). The molecule has 0 spiro atoms. The van der Waals surface area contributed by atoms with Gasteiger partial charge in [0.05, 0.1) is 4.47 Å². The van der Waals surface area contributed by atoms with Gasteiger partial charge in [0, 0.05) is 24.4 Å². The van der Waals surface area contributed by atoms with Gasteiger partial charge in [0.15, 0.2) is 0 Å². The van der Waals surface area contributed by atoms with Gasteiger partial charge in [-0.3, -0.25) is 4.79 Å². The molecule has 0 aromatic heterocycles. The van der Waals surface area contributed by atoms with E-state index in [9.17, 15) is 13.6 Å². The van der Waals surface area contributed by atoms with Gasteiger partial charge in [0.1, 0.15) is 17.4 Å². The van der Waals surface area contributed by atoms with E-state index in [-0.39, 0.29) is 34.7 Å². The lowest BCUT2D eigenvalue weighted by atomic mass is 10.0. The molecule has 0 saturated heterocycles. The molecule has 1 aromatic carbocycles. The minimum Gasteiger partial charge on any atom is -0.314 e. The molecule has 5 heteroatoms. The number of carbonyl (C=O) groups is 1. The van der Waals surface area contributed by atoms with Gasteiger partial charge in [-0.15, -0.1) is 0 Å². The Labute approximate surface area is 114 Å². The minimum absolute atomic E-state index is 0.0146. The van der Waals surface area contributed by atoms with Gasteiger partial charge in [-0.1, -0.05) is 6.92 Å². The van der Waals surface area contributed by atoms with Crippen LogP contribution in [0.25, 0.3) is 0 Å². The summed E-state index contributed by atoms with van der Waals surface area (Å²) in [5.41, 5.74) is -0.168. The van der Waals surface area contributed by atoms with Gasteiger partial charge >= 0.3 is 0 Å². The Hall–Kier alpha value is -0.810. The van der Waals surface area contributed by atoms with E-state index in [2.05, 4.69) is 21.2 Å². The van der Waals surface area contributed by atoms with Gasteiger partial charge in [0.25, 0.3) is 0 Å². The molecule has 0 bridgehead atoms. The quantitative estimate of drug-likeness (QED) is 0.816. The maximum absolute atomic E-state index is 13.7. The third-order valence-corrected chi connectivity index (χ3v) is 3.21. The Bertz CT molecular complexity index is 437. The normalized spacial score (nSPS) is 12.5. The maximum Gasteiger partial charge on any atom is 0.143 e. The van der Waals surface area contributed by atoms with Crippen LogP contribution in [-0.4, -0.2) is 18.4 Å². The summed E-state index contributed by atoms with van der Waals surface area (Å²) in [6.45, 7) is 4.57. The van der Waals surface area contributed by atoms with Crippen LogP contribution in [0.3, 0.4) is 0 Å². The van der Waals surface area contributed by atoms with E-state index in [0.29, 0.717) is 0 Å². The molecule has 18 heavy (non-hydrogen) atoms. The fourth-order valence-corrected chi connectivity index (χ4v) is 2.13. The van der Waals surface area contributed by atoms with Crippen molar-refractivity contribution < 1.29 is 13.6 Å². The van der Waals surface area contributed by atoms with Crippen molar-refractivity contribution in [3.8, 4) is 0 Å². The number of halogens is 3. The third-order valence-electron chi connectivity index (χ3n) is 2.60. The van der Waals surface area contributed by atoms with E-state index in [1.807, 2.05) is 13.8 Å². The van der Waals surface area contributed by atoms with E-state index < -0.39 is 11.6 Å². The standard InChI is InChI=1S/C13H16BrF2NO/c1-3-17-8(2)6-9(18)7-10-12(15)5-4-11(14)13(10)16/h4-5,8,17H,3,6-7H2,1-2H3. The molecule has 0 aliphatic heterocycles. The zero-order chi connectivity index (χ0) is 13.7. The Morgan fingerprint density at radius 2 is 2.11 bits per heavy atom. The number of hydrogen-bond donors (Lipinski definition) is 1. The fraction of sp³-hybridized carbons (Fsp3) is 0.462. The monoisotopic (exact) mass is 319 g/mol. The smallest absolute Gasteiger partial charge is 0.143 e. The van der Waals surface area contributed by atoms with Crippen molar-refractivity contribution >= 4 is 21.7 Å². The van der Waals surface area contributed by atoms with Crippen LogP contribution in [0.2, 0.25) is 0 Å². The summed E-state index contributed by atoms with van der Waals surface area (Å²) in [6, 6.07) is 2.46. The second-order valence-electron chi connectivity index (χ2n) is 4.20. The number of Topliss-reactive ketones (excluding diaryl/α,β-unsaturated/α-hetero) is 1. The number of hydrogen-bond acceptors (Lipinski definition) is 2. The van der Waals surface area contributed by atoms with Gasteiger partial charge < -0.3 is 5.32 Å². The molecule has 0 radical (unpaired) electrons. The zero-order valence-corrected chi connectivity index (χ0v) is 12.0. The van der Waals surface area contributed by atoms with Crippen LogP contribution in [0, 0.1) is 11.6 Å². The molecule has 0 aliphatic rings. The fourth-order valence-electron chi connectivity index (χ4n) is 1.76. The van der Waals surface area contributed by atoms with Crippen molar-refractivity contribution in [1.29, 1.82) is 0 Å². The second-order valence-corrected chi connectivity index (χ2v) is 5.05. The van der Waals surface area contributed by atoms with Crippen LogP contribution in [0.15, 0.2) is 16.6 Å². The second kappa shape index (κ2) is 6.95. The predicted molar refractivity (Wildman–Crippen MR) is 70.5 cm³/mol. The van der Waals surface area contributed by atoms with Crippen LogP contribution in [0.1, 0.15) is 25.8 Å². The molecule has 1 atom stereocenters. The molecular formula is C13H16BrF2NO. The van der Waals surface area contributed by atoms with Crippen molar-refractivity contribution in [1.82, 2.24) is 5.32 Å². The summed E-state index contributed by atoms with van der Waals surface area (Å²) in [5, 5.41) is 3.09. The SMILES string of the molecule is CCNC(C)CC(=O)Cc1c(F)ccc(Br)c1F. The summed E-state index contributed by atoms with van der Waals surface area (Å²) in [5.74, 6) is -1.56. The molecule has 1 unspecified atom stereocenters. The highest BCUT2D eigenvalue weighted by Gasteiger charge is 2.17. The lowest BCUT2D eigenvalue weighted by Gasteiger charge is -2.11. The van der Waals surface area contributed by atoms with Gasteiger partial charge in [-0.25, -0.2) is 8.78 Å². The molecule has 1 N–H and O–H groups in total. The van der Waals surface area contributed by atoms with E-state index in [4.69, 9.17) is 0 Å². The third kappa shape index (κ3) is 4.14. The van der Waals surface area contributed by atoms with Crippen molar-refractivity contribution in [3.05, 3.63) is 33.8 Å². The number of nitrogens with one attached hydrogen (secondary N) is 1. The zero-order valence-electron chi connectivity index (χ0n) is 10.4. The first kappa shape index (κ1) is 15.2. The van der Waals surface area contributed by atoms with E-state index in [0.717, 1.165) is 12.6 Å². The Kier molecular flexibility index (Phi) is 5.88. The Morgan fingerprint density at radius 3 is 2.72 bits per heavy atom. The number of rotatable bonds is 6. The van der Waals surface area contributed by atoms with Gasteiger partial charge in [-0.05, 0) is 41.5 Å². The Morgan fingerprint density at radius 1 is 1.44 bits per heavy atom. The van der Waals surface area contributed by atoms with Crippen LogP contribution < -0.4 is 5.32 Å². The molecule has 0 fully saturated rings. The van der Waals surface area contributed by atoms with Crippen LogP contribution in [0.5, 0.6) is 0 Å². The minimum atomic E-state index is -0.695. The molecule has 2 nitrogen and oxygen atoms in total. The van der Waals surface area contributed by atoms with E-state index in [1.54, 1.807) is 0 Å². The highest BCUT2D eigenvalue weighted by Crippen LogP contribution is 2.22. The molecule has 100 valence electrons.